The van der Waals surface area contributed by atoms with E-state index >= 15 is 0 Å². The minimum atomic E-state index is -0.242. The Bertz CT molecular complexity index is 363. The van der Waals surface area contributed by atoms with Gasteiger partial charge in [-0.2, -0.15) is 0 Å². The highest BCUT2D eigenvalue weighted by atomic mass is 79.9. The topological polar surface area (TPSA) is 29.5 Å². The van der Waals surface area contributed by atoms with E-state index in [1.54, 1.807) is 11.9 Å². The van der Waals surface area contributed by atoms with Crippen molar-refractivity contribution in [3.05, 3.63) is 34.3 Å². The molecule has 1 aromatic carbocycles. The third kappa shape index (κ3) is 2.31. The van der Waals surface area contributed by atoms with Gasteiger partial charge in [0.2, 0.25) is 0 Å². The molecule has 3 nitrogen and oxygen atoms in total. The molecule has 1 fully saturated rings. The van der Waals surface area contributed by atoms with E-state index in [1.165, 1.54) is 0 Å². The van der Waals surface area contributed by atoms with Gasteiger partial charge in [0.15, 0.2) is 0 Å². The summed E-state index contributed by atoms with van der Waals surface area (Å²) < 4.78 is 6.33. The molecule has 1 amide bonds. The Morgan fingerprint density at radius 3 is 2.67 bits per heavy atom. The molecule has 80 valence electrons. The van der Waals surface area contributed by atoms with Crippen LogP contribution in [-0.4, -0.2) is 24.6 Å². The molecule has 0 aliphatic carbocycles. The third-order valence-corrected chi connectivity index (χ3v) is 3.05. The highest BCUT2D eigenvalue weighted by molar-refractivity contribution is 9.10. The summed E-state index contributed by atoms with van der Waals surface area (Å²) in [5.41, 5.74) is 1.06. The van der Waals surface area contributed by atoms with Crippen LogP contribution in [0.2, 0.25) is 0 Å². The summed E-state index contributed by atoms with van der Waals surface area (Å²) in [4.78, 5) is 12.9. The Labute approximate surface area is 97.2 Å². The summed E-state index contributed by atoms with van der Waals surface area (Å²) in [6, 6.07) is 7.88. The Morgan fingerprint density at radius 2 is 2.07 bits per heavy atom. The van der Waals surface area contributed by atoms with Crippen molar-refractivity contribution in [2.45, 2.75) is 12.5 Å². The first kappa shape index (κ1) is 10.5. The largest absolute Gasteiger partial charge is 0.441 e. The van der Waals surface area contributed by atoms with Crippen molar-refractivity contribution in [3.63, 3.8) is 0 Å². The average molecular weight is 270 g/mol. The Kier molecular flexibility index (Phi) is 2.95. The van der Waals surface area contributed by atoms with Gasteiger partial charge in [-0.05, 0) is 17.7 Å². The number of cyclic esters (lactones) is 1. The third-order valence-electron chi connectivity index (χ3n) is 2.52. The molecule has 0 radical (unpaired) electrons. The highest BCUT2D eigenvalue weighted by Crippen LogP contribution is 2.26. The number of rotatable bonds is 1. The molecule has 1 atom stereocenters. The Morgan fingerprint density at radius 1 is 1.40 bits per heavy atom. The fourth-order valence-electron chi connectivity index (χ4n) is 1.58. The van der Waals surface area contributed by atoms with Crippen molar-refractivity contribution in [1.29, 1.82) is 0 Å². The van der Waals surface area contributed by atoms with Crippen LogP contribution in [0.3, 0.4) is 0 Å². The first-order valence-electron chi connectivity index (χ1n) is 4.84. The lowest BCUT2D eigenvalue weighted by Crippen LogP contribution is -2.35. The predicted octanol–water partition coefficient (Wildman–Crippen LogP) is 2.96. The minimum absolute atomic E-state index is 0.0956. The second-order valence-electron chi connectivity index (χ2n) is 3.63. The molecule has 0 bridgehead atoms. The molecule has 15 heavy (non-hydrogen) atoms. The molecular formula is C11H12BrNO2. The van der Waals surface area contributed by atoms with Gasteiger partial charge >= 0.3 is 6.09 Å². The zero-order valence-corrected chi connectivity index (χ0v) is 10.0. The number of carbonyl (C=O) groups is 1. The SMILES string of the molecule is CN1CCC(c2ccc(Br)cc2)OC1=O. The maximum absolute atomic E-state index is 11.3. The quantitative estimate of drug-likeness (QED) is 0.785. The number of nitrogens with zero attached hydrogens (tertiary/aromatic N) is 1. The van der Waals surface area contributed by atoms with Gasteiger partial charge in [0.05, 0.1) is 0 Å². The molecule has 0 spiro atoms. The molecule has 1 unspecified atom stereocenters. The van der Waals surface area contributed by atoms with E-state index in [2.05, 4.69) is 15.9 Å². The fraction of sp³-hybridized carbons (Fsp3) is 0.364. The van der Waals surface area contributed by atoms with E-state index in [1.807, 2.05) is 24.3 Å². The monoisotopic (exact) mass is 269 g/mol. The molecular weight excluding hydrogens is 258 g/mol. The number of hydrogen-bond donors (Lipinski definition) is 0. The van der Waals surface area contributed by atoms with Crippen LogP contribution in [0.25, 0.3) is 0 Å². The summed E-state index contributed by atoms with van der Waals surface area (Å²) in [6.07, 6.45) is 0.514. The molecule has 1 saturated heterocycles. The molecule has 2 rings (SSSR count). The van der Waals surface area contributed by atoms with Crippen LogP contribution < -0.4 is 0 Å². The molecule has 0 N–H and O–H groups in total. The maximum Gasteiger partial charge on any atom is 0.410 e. The second kappa shape index (κ2) is 4.23. The van der Waals surface area contributed by atoms with E-state index in [4.69, 9.17) is 4.74 Å². The van der Waals surface area contributed by atoms with Crippen LogP contribution in [-0.2, 0) is 4.74 Å². The first-order valence-corrected chi connectivity index (χ1v) is 5.63. The second-order valence-corrected chi connectivity index (χ2v) is 4.55. The van der Waals surface area contributed by atoms with E-state index in [9.17, 15) is 4.79 Å². The standard InChI is InChI=1S/C11H12BrNO2/c1-13-7-6-10(15-11(13)14)8-2-4-9(12)5-3-8/h2-5,10H,6-7H2,1H3. The van der Waals surface area contributed by atoms with Crippen molar-refractivity contribution >= 4 is 22.0 Å². The van der Waals surface area contributed by atoms with Crippen LogP contribution in [0.1, 0.15) is 18.1 Å². The van der Waals surface area contributed by atoms with E-state index < -0.39 is 0 Å². The van der Waals surface area contributed by atoms with Gasteiger partial charge in [-0.1, -0.05) is 28.1 Å². The molecule has 0 saturated carbocycles. The van der Waals surface area contributed by atoms with Gasteiger partial charge in [0, 0.05) is 24.5 Å². The fourth-order valence-corrected chi connectivity index (χ4v) is 1.85. The molecule has 1 aliphatic rings. The van der Waals surface area contributed by atoms with Crippen molar-refractivity contribution in [3.8, 4) is 0 Å². The van der Waals surface area contributed by atoms with Crippen LogP contribution in [0, 0.1) is 0 Å². The first-order chi connectivity index (χ1) is 7.16. The maximum atomic E-state index is 11.3. The average Bonchev–Trinajstić information content (AvgIpc) is 2.23. The Hall–Kier alpha value is -1.03. The lowest BCUT2D eigenvalue weighted by Gasteiger charge is -2.29. The Balaban J connectivity index is 2.12. The van der Waals surface area contributed by atoms with Crippen LogP contribution >= 0.6 is 15.9 Å². The number of benzene rings is 1. The summed E-state index contributed by atoms with van der Waals surface area (Å²) in [5.74, 6) is 0. The normalized spacial score (nSPS) is 21.3. The molecule has 4 heteroatoms. The van der Waals surface area contributed by atoms with Crippen molar-refractivity contribution < 1.29 is 9.53 Å². The zero-order chi connectivity index (χ0) is 10.8. The van der Waals surface area contributed by atoms with Gasteiger partial charge in [0.1, 0.15) is 6.10 Å². The summed E-state index contributed by atoms with van der Waals surface area (Å²) in [5, 5.41) is 0. The number of amides is 1. The highest BCUT2D eigenvalue weighted by Gasteiger charge is 2.25. The van der Waals surface area contributed by atoms with Crippen molar-refractivity contribution in [1.82, 2.24) is 4.90 Å². The van der Waals surface area contributed by atoms with E-state index in [0.717, 1.165) is 23.0 Å². The van der Waals surface area contributed by atoms with Crippen molar-refractivity contribution in [2.24, 2.45) is 0 Å². The summed E-state index contributed by atoms with van der Waals surface area (Å²) in [7, 11) is 1.75. The van der Waals surface area contributed by atoms with Gasteiger partial charge in [-0.3, -0.25) is 0 Å². The molecule has 1 heterocycles. The zero-order valence-electron chi connectivity index (χ0n) is 8.44. The van der Waals surface area contributed by atoms with Crippen LogP contribution in [0.5, 0.6) is 0 Å². The van der Waals surface area contributed by atoms with Gasteiger partial charge < -0.3 is 9.64 Å². The number of ether oxygens (including phenoxy) is 1. The van der Waals surface area contributed by atoms with E-state index in [-0.39, 0.29) is 12.2 Å². The summed E-state index contributed by atoms with van der Waals surface area (Å²) >= 11 is 3.37. The minimum Gasteiger partial charge on any atom is -0.441 e. The number of carbonyl (C=O) groups excluding carboxylic acids is 1. The summed E-state index contributed by atoms with van der Waals surface area (Å²) in [6.45, 7) is 0.750. The van der Waals surface area contributed by atoms with Crippen LogP contribution in [0.15, 0.2) is 28.7 Å². The smallest absolute Gasteiger partial charge is 0.410 e. The van der Waals surface area contributed by atoms with E-state index in [0.29, 0.717) is 0 Å². The lowest BCUT2D eigenvalue weighted by atomic mass is 10.1. The molecule has 1 aromatic rings. The van der Waals surface area contributed by atoms with Gasteiger partial charge in [-0.25, -0.2) is 4.79 Å². The number of halogens is 1. The van der Waals surface area contributed by atoms with Crippen LogP contribution in [0.4, 0.5) is 4.79 Å². The molecule has 0 aromatic heterocycles. The predicted molar refractivity (Wildman–Crippen MR) is 60.6 cm³/mol. The van der Waals surface area contributed by atoms with Gasteiger partial charge in [0.25, 0.3) is 0 Å². The molecule has 1 aliphatic heterocycles. The van der Waals surface area contributed by atoms with Gasteiger partial charge in [-0.15, -0.1) is 0 Å². The number of hydrogen-bond acceptors (Lipinski definition) is 2. The van der Waals surface area contributed by atoms with Crippen molar-refractivity contribution in [2.75, 3.05) is 13.6 Å². The lowest BCUT2D eigenvalue weighted by molar-refractivity contribution is 0.0324.